The van der Waals surface area contributed by atoms with Gasteiger partial charge in [-0.2, -0.15) is 0 Å². The third-order valence-electron chi connectivity index (χ3n) is 4.38. The number of hydrogen-bond acceptors (Lipinski definition) is 3. The molecule has 0 saturated carbocycles. The molecule has 4 heteroatoms. The fourth-order valence-corrected chi connectivity index (χ4v) is 3.13. The van der Waals surface area contributed by atoms with Gasteiger partial charge in [0.15, 0.2) is 0 Å². The van der Waals surface area contributed by atoms with Gasteiger partial charge >= 0.3 is 0 Å². The predicted molar refractivity (Wildman–Crippen MR) is 95.5 cm³/mol. The molecule has 3 aromatic carbocycles. The molecular formula is C21H18FNO2. The SMILES string of the molecule is Nc1cc(Oc2ccc(F)cc2)ccc1OC1CCc2ccccc21. The van der Waals surface area contributed by atoms with E-state index in [0.717, 1.165) is 12.8 Å². The molecular weight excluding hydrogens is 317 g/mol. The third-order valence-corrected chi connectivity index (χ3v) is 4.38. The Balaban J connectivity index is 1.50. The van der Waals surface area contributed by atoms with Crippen LogP contribution < -0.4 is 15.2 Å². The highest BCUT2D eigenvalue weighted by atomic mass is 19.1. The van der Waals surface area contributed by atoms with E-state index in [4.69, 9.17) is 15.2 Å². The number of anilines is 1. The summed E-state index contributed by atoms with van der Waals surface area (Å²) in [6, 6.07) is 19.5. The quantitative estimate of drug-likeness (QED) is 0.661. The summed E-state index contributed by atoms with van der Waals surface area (Å²) in [4.78, 5) is 0. The molecule has 25 heavy (non-hydrogen) atoms. The zero-order valence-electron chi connectivity index (χ0n) is 13.6. The van der Waals surface area contributed by atoms with Crippen LogP contribution in [0.25, 0.3) is 0 Å². The van der Waals surface area contributed by atoms with Crippen LogP contribution in [0.15, 0.2) is 66.7 Å². The Labute approximate surface area is 145 Å². The molecule has 0 aromatic heterocycles. The van der Waals surface area contributed by atoms with Gasteiger partial charge in [0.2, 0.25) is 0 Å². The lowest BCUT2D eigenvalue weighted by Gasteiger charge is -2.17. The molecule has 126 valence electrons. The highest BCUT2D eigenvalue weighted by Crippen LogP contribution is 2.38. The number of aryl methyl sites for hydroxylation is 1. The Hall–Kier alpha value is -3.01. The van der Waals surface area contributed by atoms with Crippen LogP contribution >= 0.6 is 0 Å². The molecule has 1 unspecified atom stereocenters. The van der Waals surface area contributed by atoms with Crippen LogP contribution in [0.4, 0.5) is 10.1 Å². The topological polar surface area (TPSA) is 44.5 Å². The van der Waals surface area contributed by atoms with Crippen LogP contribution in [-0.4, -0.2) is 0 Å². The van der Waals surface area contributed by atoms with Crippen LogP contribution in [0.3, 0.4) is 0 Å². The average molecular weight is 335 g/mol. The van der Waals surface area contributed by atoms with E-state index < -0.39 is 0 Å². The number of hydrogen-bond donors (Lipinski definition) is 1. The highest BCUT2D eigenvalue weighted by Gasteiger charge is 2.24. The number of nitrogen functional groups attached to an aromatic ring is 1. The largest absolute Gasteiger partial charge is 0.484 e. The van der Waals surface area contributed by atoms with Crippen molar-refractivity contribution >= 4 is 5.69 Å². The van der Waals surface area contributed by atoms with Gasteiger partial charge < -0.3 is 15.2 Å². The molecule has 0 amide bonds. The Kier molecular flexibility index (Phi) is 4.02. The Morgan fingerprint density at radius 2 is 1.68 bits per heavy atom. The van der Waals surface area contributed by atoms with Crippen LogP contribution in [0.2, 0.25) is 0 Å². The van der Waals surface area contributed by atoms with Gasteiger partial charge in [-0.15, -0.1) is 0 Å². The molecule has 4 rings (SSSR count). The van der Waals surface area contributed by atoms with E-state index in [-0.39, 0.29) is 11.9 Å². The fourth-order valence-electron chi connectivity index (χ4n) is 3.13. The van der Waals surface area contributed by atoms with E-state index in [9.17, 15) is 4.39 Å². The maximum atomic E-state index is 12.9. The summed E-state index contributed by atoms with van der Waals surface area (Å²) in [6.45, 7) is 0. The van der Waals surface area contributed by atoms with Gasteiger partial charge in [0.25, 0.3) is 0 Å². The summed E-state index contributed by atoms with van der Waals surface area (Å²) in [6.07, 6.45) is 2.00. The summed E-state index contributed by atoms with van der Waals surface area (Å²) in [5.74, 6) is 1.49. The second kappa shape index (κ2) is 6.48. The van der Waals surface area contributed by atoms with Gasteiger partial charge in [0.1, 0.15) is 29.2 Å². The van der Waals surface area contributed by atoms with Crippen molar-refractivity contribution in [3.05, 3.63) is 83.7 Å². The van der Waals surface area contributed by atoms with Crippen molar-refractivity contribution in [2.45, 2.75) is 18.9 Å². The molecule has 3 aromatic rings. The van der Waals surface area contributed by atoms with Gasteiger partial charge in [-0.1, -0.05) is 24.3 Å². The fraction of sp³-hybridized carbons (Fsp3) is 0.143. The molecule has 0 spiro atoms. The van der Waals surface area contributed by atoms with Crippen LogP contribution in [0, 0.1) is 5.82 Å². The highest BCUT2D eigenvalue weighted by molar-refractivity contribution is 5.57. The van der Waals surface area contributed by atoms with Crippen molar-refractivity contribution in [1.82, 2.24) is 0 Å². The van der Waals surface area contributed by atoms with Crippen molar-refractivity contribution in [3.63, 3.8) is 0 Å². The molecule has 1 atom stereocenters. The molecule has 0 saturated heterocycles. The second-order valence-electron chi connectivity index (χ2n) is 6.10. The first-order valence-electron chi connectivity index (χ1n) is 8.26. The molecule has 0 radical (unpaired) electrons. The van der Waals surface area contributed by atoms with E-state index in [1.54, 1.807) is 24.3 Å². The van der Waals surface area contributed by atoms with E-state index in [1.165, 1.54) is 23.3 Å². The maximum Gasteiger partial charge on any atom is 0.143 e. The smallest absolute Gasteiger partial charge is 0.143 e. The number of nitrogens with two attached hydrogens (primary N) is 1. The molecule has 0 fully saturated rings. The zero-order chi connectivity index (χ0) is 17.2. The average Bonchev–Trinajstić information content (AvgIpc) is 3.02. The molecule has 2 N–H and O–H groups in total. The van der Waals surface area contributed by atoms with E-state index >= 15 is 0 Å². The van der Waals surface area contributed by atoms with Gasteiger partial charge in [-0.05, 0) is 60.4 Å². The van der Waals surface area contributed by atoms with Gasteiger partial charge in [-0.3, -0.25) is 0 Å². The normalized spacial score (nSPS) is 15.6. The summed E-state index contributed by atoms with van der Waals surface area (Å²) < 4.78 is 24.8. The van der Waals surface area contributed by atoms with Crippen LogP contribution in [0.1, 0.15) is 23.7 Å². The van der Waals surface area contributed by atoms with Crippen molar-refractivity contribution < 1.29 is 13.9 Å². The van der Waals surface area contributed by atoms with Crippen LogP contribution in [0.5, 0.6) is 17.2 Å². The Morgan fingerprint density at radius 1 is 0.920 bits per heavy atom. The third kappa shape index (κ3) is 3.29. The zero-order valence-corrected chi connectivity index (χ0v) is 13.6. The molecule has 0 heterocycles. The number of benzene rings is 3. The lowest BCUT2D eigenvalue weighted by molar-refractivity contribution is 0.209. The van der Waals surface area contributed by atoms with Gasteiger partial charge in [0.05, 0.1) is 5.69 Å². The first kappa shape index (κ1) is 15.5. The van der Waals surface area contributed by atoms with Crippen molar-refractivity contribution in [1.29, 1.82) is 0 Å². The van der Waals surface area contributed by atoms with Crippen molar-refractivity contribution in [2.24, 2.45) is 0 Å². The molecule has 1 aliphatic rings. The molecule has 3 nitrogen and oxygen atoms in total. The van der Waals surface area contributed by atoms with E-state index in [0.29, 0.717) is 22.9 Å². The molecule has 1 aliphatic carbocycles. The molecule has 0 aliphatic heterocycles. The number of fused-ring (bicyclic) bond motifs is 1. The van der Waals surface area contributed by atoms with Gasteiger partial charge in [0, 0.05) is 6.07 Å². The molecule has 0 bridgehead atoms. The number of rotatable bonds is 4. The van der Waals surface area contributed by atoms with Crippen LogP contribution in [-0.2, 0) is 6.42 Å². The first-order chi connectivity index (χ1) is 12.2. The summed E-state index contributed by atoms with van der Waals surface area (Å²) in [5.41, 5.74) is 9.22. The summed E-state index contributed by atoms with van der Waals surface area (Å²) in [7, 11) is 0. The number of halogens is 1. The predicted octanol–water partition coefficient (Wildman–Crippen LogP) is 5.27. The summed E-state index contributed by atoms with van der Waals surface area (Å²) in [5, 5.41) is 0. The first-order valence-corrected chi connectivity index (χ1v) is 8.26. The maximum absolute atomic E-state index is 12.9. The minimum Gasteiger partial charge on any atom is -0.484 e. The minimum absolute atomic E-state index is 0.0300. The summed E-state index contributed by atoms with van der Waals surface area (Å²) >= 11 is 0. The van der Waals surface area contributed by atoms with Crippen molar-refractivity contribution in [3.8, 4) is 17.2 Å². The lowest BCUT2D eigenvalue weighted by Crippen LogP contribution is -2.05. The van der Waals surface area contributed by atoms with E-state index in [1.807, 2.05) is 12.1 Å². The van der Waals surface area contributed by atoms with Crippen molar-refractivity contribution in [2.75, 3.05) is 5.73 Å². The monoisotopic (exact) mass is 335 g/mol. The minimum atomic E-state index is -0.299. The second-order valence-corrected chi connectivity index (χ2v) is 6.10. The van der Waals surface area contributed by atoms with E-state index in [2.05, 4.69) is 18.2 Å². The Morgan fingerprint density at radius 3 is 2.48 bits per heavy atom. The standard InChI is InChI=1S/C21H18FNO2/c22-15-6-8-16(9-7-15)24-17-10-12-21(19(23)13-17)25-20-11-5-14-3-1-2-4-18(14)20/h1-4,6-10,12-13,20H,5,11,23H2. The van der Waals surface area contributed by atoms with Gasteiger partial charge in [-0.25, -0.2) is 4.39 Å². The lowest BCUT2D eigenvalue weighted by atomic mass is 10.1. The Bertz CT molecular complexity index is 893. The number of ether oxygens (including phenoxy) is 2.